The third-order valence-electron chi connectivity index (χ3n) is 3.14. The zero-order valence-electron chi connectivity index (χ0n) is 10.9. The number of halogens is 2. The summed E-state index contributed by atoms with van der Waals surface area (Å²) in [6, 6.07) is 8.11. The van der Waals surface area contributed by atoms with Crippen molar-refractivity contribution in [3.63, 3.8) is 0 Å². The summed E-state index contributed by atoms with van der Waals surface area (Å²) in [6.45, 7) is 0.815. The topological polar surface area (TPSA) is 20.5 Å². The predicted molar refractivity (Wildman–Crippen MR) is 88.9 cm³/mol. The van der Waals surface area contributed by atoms with Crippen molar-refractivity contribution in [2.24, 2.45) is 0 Å². The van der Waals surface area contributed by atoms with E-state index < -0.39 is 0 Å². The first kappa shape index (κ1) is 13.9. The van der Waals surface area contributed by atoms with Crippen molar-refractivity contribution in [2.45, 2.75) is 12.4 Å². The fourth-order valence-corrected chi connectivity index (χ4v) is 3.69. The Hall–Kier alpha value is -1.04. The van der Waals surface area contributed by atoms with Crippen molar-refractivity contribution in [3.05, 3.63) is 50.9 Å². The molecule has 0 amide bonds. The van der Waals surface area contributed by atoms with Crippen LogP contribution in [0.5, 0.6) is 0 Å². The first-order valence-corrected chi connectivity index (χ1v) is 8.35. The maximum absolute atomic E-state index is 6.11. The molecule has 0 aliphatic carbocycles. The van der Waals surface area contributed by atoms with E-state index in [4.69, 9.17) is 11.6 Å². The van der Waals surface area contributed by atoms with Crippen LogP contribution in [0.25, 0.3) is 5.65 Å². The standard InChI is InChI=1S/C14H13BrClN3S/c1-18(8-10-6-12(15)20-9-10)14-11(7-16)19-5-3-2-4-13(19)17-14/h2-6,9H,7-8H2,1H3. The quantitative estimate of drug-likeness (QED) is 0.629. The normalized spacial score (nSPS) is 11.2. The molecule has 3 aromatic rings. The van der Waals surface area contributed by atoms with Crippen LogP contribution < -0.4 is 4.90 Å². The van der Waals surface area contributed by atoms with Gasteiger partial charge < -0.3 is 9.30 Å². The van der Waals surface area contributed by atoms with Gasteiger partial charge in [-0.3, -0.25) is 0 Å². The summed E-state index contributed by atoms with van der Waals surface area (Å²) in [4.78, 5) is 6.82. The second-order valence-corrected chi connectivity index (χ2v) is 7.12. The summed E-state index contributed by atoms with van der Waals surface area (Å²) in [7, 11) is 2.05. The minimum atomic E-state index is 0.443. The summed E-state index contributed by atoms with van der Waals surface area (Å²) >= 11 is 11.3. The van der Waals surface area contributed by atoms with Crippen LogP contribution in [0.1, 0.15) is 11.3 Å². The highest BCUT2D eigenvalue weighted by Gasteiger charge is 2.15. The molecule has 0 N–H and O–H groups in total. The Morgan fingerprint density at radius 3 is 3.00 bits per heavy atom. The number of thiophene rings is 1. The number of alkyl halides is 1. The van der Waals surface area contributed by atoms with Crippen molar-refractivity contribution in [1.29, 1.82) is 0 Å². The Balaban J connectivity index is 1.96. The lowest BCUT2D eigenvalue weighted by atomic mass is 10.3. The molecule has 3 rings (SSSR count). The lowest BCUT2D eigenvalue weighted by Crippen LogP contribution is -2.17. The van der Waals surface area contributed by atoms with E-state index in [2.05, 4.69) is 37.3 Å². The van der Waals surface area contributed by atoms with Gasteiger partial charge >= 0.3 is 0 Å². The van der Waals surface area contributed by atoms with E-state index >= 15 is 0 Å². The van der Waals surface area contributed by atoms with Gasteiger partial charge in [-0.25, -0.2) is 4.98 Å². The van der Waals surface area contributed by atoms with Crippen LogP contribution in [0.2, 0.25) is 0 Å². The van der Waals surface area contributed by atoms with E-state index in [0.29, 0.717) is 5.88 Å². The molecule has 0 atom stereocenters. The van der Waals surface area contributed by atoms with Gasteiger partial charge in [0.1, 0.15) is 5.65 Å². The van der Waals surface area contributed by atoms with Crippen molar-refractivity contribution < 1.29 is 0 Å². The van der Waals surface area contributed by atoms with Gasteiger partial charge in [-0.05, 0) is 45.1 Å². The Labute approximate surface area is 134 Å². The first-order chi connectivity index (χ1) is 9.69. The van der Waals surface area contributed by atoms with Gasteiger partial charge in [0, 0.05) is 19.8 Å². The lowest BCUT2D eigenvalue weighted by Gasteiger charge is -2.17. The molecule has 3 aromatic heterocycles. The van der Waals surface area contributed by atoms with Crippen molar-refractivity contribution in [2.75, 3.05) is 11.9 Å². The van der Waals surface area contributed by atoms with Gasteiger partial charge in [-0.1, -0.05) is 6.07 Å². The van der Waals surface area contributed by atoms with Crippen molar-refractivity contribution in [1.82, 2.24) is 9.38 Å². The van der Waals surface area contributed by atoms with Crippen molar-refractivity contribution >= 4 is 50.3 Å². The molecular formula is C14H13BrClN3S. The molecular weight excluding hydrogens is 358 g/mol. The third-order valence-corrected chi connectivity index (χ3v) is 4.94. The van der Waals surface area contributed by atoms with E-state index in [-0.39, 0.29) is 0 Å². The lowest BCUT2D eigenvalue weighted by molar-refractivity contribution is 0.897. The van der Waals surface area contributed by atoms with Gasteiger partial charge in [-0.2, -0.15) is 0 Å². The maximum Gasteiger partial charge on any atom is 0.152 e. The van der Waals surface area contributed by atoms with Crippen molar-refractivity contribution in [3.8, 4) is 0 Å². The van der Waals surface area contributed by atoms with Crippen LogP contribution in [0.15, 0.2) is 39.6 Å². The maximum atomic E-state index is 6.11. The van der Waals surface area contributed by atoms with E-state index in [0.717, 1.165) is 27.5 Å². The van der Waals surface area contributed by atoms with E-state index in [9.17, 15) is 0 Å². The molecule has 0 saturated heterocycles. The van der Waals surface area contributed by atoms with Gasteiger partial charge in [0.25, 0.3) is 0 Å². The number of aromatic nitrogens is 2. The number of pyridine rings is 1. The number of rotatable bonds is 4. The zero-order chi connectivity index (χ0) is 14.1. The molecule has 0 fully saturated rings. The van der Waals surface area contributed by atoms with Gasteiger partial charge in [0.2, 0.25) is 0 Å². The Kier molecular flexibility index (Phi) is 4.01. The van der Waals surface area contributed by atoms with Crippen LogP contribution in [0, 0.1) is 0 Å². The average molecular weight is 371 g/mol. The Morgan fingerprint density at radius 2 is 2.30 bits per heavy atom. The Bertz CT molecular complexity index is 737. The fourth-order valence-electron chi connectivity index (χ4n) is 2.24. The molecule has 0 bridgehead atoms. The minimum Gasteiger partial charge on any atom is -0.354 e. The SMILES string of the molecule is CN(Cc1csc(Br)c1)c1nc2ccccn2c1CCl. The number of imidazole rings is 1. The van der Waals surface area contributed by atoms with Gasteiger partial charge in [0.05, 0.1) is 15.4 Å². The predicted octanol–water partition coefficient (Wildman–Crippen LogP) is 4.53. The molecule has 0 aromatic carbocycles. The number of nitrogens with zero attached hydrogens (tertiary/aromatic N) is 3. The molecule has 0 aliphatic heterocycles. The molecule has 3 nitrogen and oxygen atoms in total. The molecule has 0 saturated carbocycles. The molecule has 0 unspecified atom stereocenters. The van der Waals surface area contributed by atoms with Gasteiger partial charge in [-0.15, -0.1) is 22.9 Å². The molecule has 0 spiro atoms. The average Bonchev–Trinajstić information content (AvgIpc) is 3.01. The number of hydrogen-bond acceptors (Lipinski definition) is 3. The molecule has 6 heteroatoms. The second kappa shape index (κ2) is 5.76. The summed E-state index contributed by atoms with van der Waals surface area (Å²) in [5, 5.41) is 2.15. The summed E-state index contributed by atoms with van der Waals surface area (Å²) in [6.07, 6.45) is 2.00. The number of fused-ring (bicyclic) bond motifs is 1. The smallest absolute Gasteiger partial charge is 0.152 e. The highest BCUT2D eigenvalue weighted by molar-refractivity contribution is 9.11. The van der Waals surface area contributed by atoms with E-state index in [1.165, 1.54) is 5.56 Å². The fraction of sp³-hybridized carbons (Fsp3) is 0.214. The van der Waals surface area contributed by atoms with Gasteiger partial charge in [0.15, 0.2) is 5.82 Å². The first-order valence-electron chi connectivity index (χ1n) is 6.15. The molecule has 20 heavy (non-hydrogen) atoms. The molecule has 104 valence electrons. The molecule has 0 radical (unpaired) electrons. The summed E-state index contributed by atoms with van der Waals surface area (Å²) < 4.78 is 3.19. The van der Waals surface area contributed by atoms with Crippen LogP contribution in [0.4, 0.5) is 5.82 Å². The van der Waals surface area contributed by atoms with E-state index in [1.54, 1.807) is 11.3 Å². The second-order valence-electron chi connectivity index (χ2n) is 4.56. The number of anilines is 1. The van der Waals surface area contributed by atoms with Crippen LogP contribution in [-0.4, -0.2) is 16.4 Å². The molecule has 3 heterocycles. The summed E-state index contributed by atoms with van der Waals surface area (Å²) in [5.41, 5.74) is 3.22. The third kappa shape index (κ3) is 2.57. The summed E-state index contributed by atoms with van der Waals surface area (Å²) in [5.74, 6) is 1.38. The number of hydrogen-bond donors (Lipinski definition) is 0. The highest BCUT2D eigenvalue weighted by Crippen LogP contribution is 2.26. The minimum absolute atomic E-state index is 0.443. The largest absolute Gasteiger partial charge is 0.354 e. The van der Waals surface area contributed by atoms with Crippen LogP contribution in [0.3, 0.4) is 0 Å². The Morgan fingerprint density at radius 1 is 1.45 bits per heavy atom. The monoisotopic (exact) mass is 369 g/mol. The zero-order valence-corrected chi connectivity index (χ0v) is 14.0. The van der Waals surface area contributed by atoms with Crippen LogP contribution in [-0.2, 0) is 12.4 Å². The molecule has 0 aliphatic rings. The van der Waals surface area contributed by atoms with E-state index in [1.807, 2.05) is 35.8 Å². The highest BCUT2D eigenvalue weighted by atomic mass is 79.9. The van der Waals surface area contributed by atoms with Crippen LogP contribution >= 0.6 is 38.9 Å².